The van der Waals surface area contributed by atoms with Crippen molar-refractivity contribution in [3.05, 3.63) is 164 Å². The molecule has 4 aromatic heterocycles. The van der Waals surface area contributed by atoms with Crippen LogP contribution >= 0.6 is 0 Å². The van der Waals surface area contributed by atoms with Gasteiger partial charge in [-0.25, -0.2) is 14.8 Å². The molecule has 6 aromatic carbocycles. The summed E-state index contributed by atoms with van der Waals surface area (Å²) in [6, 6.07) is 34.2. The van der Waals surface area contributed by atoms with Crippen LogP contribution in [0.3, 0.4) is 0 Å². The fraction of sp³-hybridized carbons (Fsp3) is 0.155. The summed E-state index contributed by atoms with van der Waals surface area (Å²) < 4.78 is 0. The highest BCUT2D eigenvalue weighted by Gasteiger charge is 2.24. The van der Waals surface area contributed by atoms with E-state index in [4.69, 9.17) is 9.97 Å². The standard InChI is InChI=1S/C58H48N4O2/c1-28-21-31(4)49(32(5)22-28)54-43-16-15-42(59-43)53-40-14-13-39(58(63)64)37-11-10-12-38(52(37)40)41-27-48(62-57(41)53)56(51-35(8)25-30(3)26-36(51)9)47-20-19-46(61-47)55(45-18-17-44(54)60-45)50-33(6)23-29(2)24-34(50)7/h10-27,59,61H,1-9H3,(H,63,64). The molecule has 0 saturated carbocycles. The van der Waals surface area contributed by atoms with Crippen molar-refractivity contribution in [1.29, 1.82) is 0 Å². The lowest BCUT2D eigenvalue weighted by atomic mass is 9.92. The first kappa shape index (κ1) is 39.3. The molecule has 0 aliphatic carbocycles. The minimum absolute atomic E-state index is 0.274. The van der Waals surface area contributed by atoms with Crippen LogP contribution in [0.15, 0.2) is 97.1 Å². The Balaban J connectivity index is 1.44. The SMILES string of the molecule is Cc1cc(C)c(-c2c3nc(c(-c4c(C)cc(C)cc4C)c4ccc([nH]4)c4c5ccc(C(=O)O)c6cccc(c7cc(nc74)c(-c4c(C)cc(C)cc4C)c4ccc2[nH]4)c65)C=C3)c(C)c1. The molecule has 8 bridgehead atoms. The average Bonchev–Trinajstić information content (AvgIpc) is 4.07. The van der Waals surface area contributed by atoms with Gasteiger partial charge in [-0.1, -0.05) is 77.4 Å². The molecule has 6 heteroatoms. The van der Waals surface area contributed by atoms with Gasteiger partial charge in [-0.05, 0) is 182 Å². The molecule has 5 heterocycles. The van der Waals surface area contributed by atoms with E-state index in [1.807, 2.05) is 18.2 Å². The number of rotatable bonds is 4. The van der Waals surface area contributed by atoms with Crippen LogP contribution in [0.5, 0.6) is 0 Å². The molecule has 3 N–H and O–H groups in total. The summed E-state index contributed by atoms with van der Waals surface area (Å²) in [5.74, 6) is -0.953. The van der Waals surface area contributed by atoms with Crippen LogP contribution in [0.1, 0.15) is 71.8 Å². The van der Waals surface area contributed by atoms with Gasteiger partial charge in [0.15, 0.2) is 0 Å². The maximum Gasteiger partial charge on any atom is 0.336 e. The molecule has 6 nitrogen and oxygen atoms in total. The minimum Gasteiger partial charge on any atom is -0.478 e. The summed E-state index contributed by atoms with van der Waals surface area (Å²) in [4.78, 5) is 32.0. The molecule has 11 rings (SSSR count). The van der Waals surface area contributed by atoms with E-state index in [-0.39, 0.29) is 5.56 Å². The topological polar surface area (TPSA) is 94.7 Å². The fourth-order valence-corrected chi connectivity index (χ4v) is 11.3. The number of aromatic nitrogens is 4. The number of carboxylic acid groups (broad SMARTS) is 1. The van der Waals surface area contributed by atoms with E-state index in [0.717, 1.165) is 116 Å². The van der Waals surface area contributed by atoms with Crippen LogP contribution in [-0.2, 0) is 0 Å². The molecule has 0 fully saturated rings. The Morgan fingerprint density at radius 2 is 0.891 bits per heavy atom. The molecule has 312 valence electrons. The first-order chi connectivity index (χ1) is 30.7. The fourth-order valence-electron chi connectivity index (χ4n) is 11.3. The third-order valence-corrected chi connectivity index (χ3v) is 13.5. The van der Waals surface area contributed by atoms with E-state index in [0.29, 0.717) is 5.39 Å². The number of nitrogens with zero attached hydrogens (tertiary/aromatic N) is 2. The van der Waals surface area contributed by atoms with Gasteiger partial charge >= 0.3 is 5.97 Å². The van der Waals surface area contributed by atoms with E-state index in [1.54, 1.807) is 6.07 Å². The smallest absolute Gasteiger partial charge is 0.336 e. The van der Waals surface area contributed by atoms with E-state index >= 15 is 0 Å². The summed E-state index contributed by atoms with van der Waals surface area (Å²) in [6.07, 6.45) is 4.34. The maximum absolute atomic E-state index is 12.8. The Bertz CT molecular complexity index is 3790. The van der Waals surface area contributed by atoms with Gasteiger partial charge in [-0.15, -0.1) is 0 Å². The second-order valence-electron chi connectivity index (χ2n) is 18.2. The second kappa shape index (κ2) is 14.2. The number of carboxylic acids is 1. The van der Waals surface area contributed by atoms with Crippen LogP contribution < -0.4 is 0 Å². The lowest BCUT2D eigenvalue weighted by Crippen LogP contribution is -1.98. The van der Waals surface area contributed by atoms with Gasteiger partial charge in [0, 0.05) is 49.5 Å². The Kier molecular flexibility index (Phi) is 8.73. The highest BCUT2D eigenvalue weighted by atomic mass is 16.4. The van der Waals surface area contributed by atoms with E-state index < -0.39 is 5.97 Å². The molecule has 1 aliphatic rings. The summed E-state index contributed by atoms with van der Waals surface area (Å²) in [5, 5.41) is 15.9. The number of benzene rings is 6. The van der Waals surface area contributed by atoms with Gasteiger partial charge in [-0.3, -0.25) is 0 Å². The number of aromatic amines is 2. The largest absolute Gasteiger partial charge is 0.478 e. The molecule has 64 heavy (non-hydrogen) atoms. The van der Waals surface area contributed by atoms with Crippen LogP contribution in [0.2, 0.25) is 0 Å². The van der Waals surface area contributed by atoms with Gasteiger partial charge < -0.3 is 15.1 Å². The average molecular weight is 833 g/mol. The van der Waals surface area contributed by atoms with Gasteiger partial charge in [0.05, 0.1) is 28.0 Å². The summed E-state index contributed by atoms with van der Waals surface area (Å²) in [6.45, 7) is 19.6. The highest BCUT2D eigenvalue weighted by molar-refractivity contribution is 6.34. The molecule has 10 aromatic rings. The van der Waals surface area contributed by atoms with Crippen molar-refractivity contribution >= 4 is 83.5 Å². The molecule has 0 amide bonds. The number of hydrogen-bond donors (Lipinski definition) is 3. The summed E-state index contributed by atoms with van der Waals surface area (Å²) in [5.41, 5.74) is 24.6. The van der Waals surface area contributed by atoms with Crippen LogP contribution in [0.4, 0.5) is 0 Å². The molecule has 0 atom stereocenters. The monoisotopic (exact) mass is 832 g/mol. The third-order valence-electron chi connectivity index (χ3n) is 13.5. The first-order valence-corrected chi connectivity index (χ1v) is 22.0. The van der Waals surface area contributed by atoms with E-state index in [1.165, 1.54) is 38.9 Å². The minimum atomic E-state index is -0.953. The molecule has 1 aliphatic heterocycles. The van der Waals surface area contributed by atoms with Crippen molar-refractivity contribution in [2.45, 2.75) is 62.3 Å². The number of H-pyrrole nitrogens is 2. The Hall–Kier alpha value is -7.57. The zero-order valence-corrected chi connectivity index (χ0v) is 37.6. The summed E-state index contributed by atoms with van der Waals surface area (Å²) in [7, 11) is 0. The molecule has 0 saturated heterocycles. The Labute approximate surface area is 371 Å². The van der Waals surface area contributed by atoms with Crippen molar-refractivity contribution in [2.24, 2.45) is 0 Å². The van der Waals surface area contributed by atoms with Crippen molar-refractivity contribution in [1.82, 2.24) is 19.9 Å². The maximum atomic E-state index is 12.8. The predicted molar refractivity (Wildman–Crippen MR) is 268 cm³/mol. The van der Waals surface area contributed by atoms with Gasteiger partial charge in [0.25, 0.3) is 0 Å². The van der Waals surface area contributed by atoms with Crippen LogP contribution in [-0.4, -0.2) is 31.0 Å². The normalized spacial score (nSPS) is 12.2. The van der Waals surface area contributed by atoms with Gasteiger partial charge in [-0.2, -0.15) is 0 Å². The zero-order chi connectivity index (χ0) is 44.5. The number of hydrogen-bond acceptors (Lipinski definition) is 3. The van der Waals surface area contributed by atoms with E-state index in [2.05, 4.69) is 157 Å². The number of aryl methyl sites for hydroxylation is 9. The van der Waals surface area contributed by atoms with Crippen LogP contribution in [0.25, 0.3) is 111 Å². The number of carbonyl (C=O) groups is 1. The Morgan fingerprint density at radius 3 is 1.41 bits per heavy atom. The van der Waals surface area contributed by atoms with E-state index in [9.17, 15) is 9.90 Å². The van der Waals surface area contributed by atoms with Crippen molar-refractivity contribution in [3.63, 3.8) is 0 Å². The zero-order valence-electron chi connectivity index (χ0n) is 37.6. The second-order valence-corrected chi connectivity index (χ2v) is 18.2. The molecule has 0 spiro atoms. The molecular weight excluding hydrogens is 785 g/mol. The van der Waals surface area contributed by atoms with Crippen molar-refractivity contribution in [2.75, 3.05) is 0 Å². The number of fused-ring (bicyclic) bond motifs is 10. The molecule has 0 unspecified atom stereocenters. The third kappa shape index (κ3) is 5.89. The summed E-state index contributed by atoms with van der Waals surface area (Å²) >= 11 is 0. The molecular formula is C58H48N4O2. The quantitative estimate of drug-likeness (QED) is 0.165. The lowest BCUT2D eigenvalue weighted by molar-refractivity contribution is 0.0699. The van der Waals surface area contributed by atoms with Crippen LogP contribution in [0, 0.1) is 62.3 Å². The highest BCUT2D eigenvalue weighted by Crippen LogP contribution is 2.45. The van der Waals surface area contributed by atoms with Gasteiger partial charge in [0.2, 0.25) is 0 Å². The van der Waals surface area contributed by atoms with Gasteiger partial charge in [0.1, 0.15) is 0 Å². The van der Waals surface area contributed by atoms with Crippen molar-refractivity contribution in [3.8, 4) is 33.4 Å². The lowest BCUT2D eigenvalue weighted by Gasteiger charge is -2.14. The molecule has 0 radical (unpaired) electrons. The first-order valence-electron chi connectivity index (χ1n) is 22.0. The Morgan fingerprint density at radius 1 is 0.438 bits per heavy atom. The van der Waals surface area contributed by atoms with Crippen molar-refractivity contribution < 1.29 is 9.90 Å². The number of aromatic carboxylic acids is 1. The predicted octanol–water partition coefficient (Wildman–Crippen LogP) is 15.1. The number of nitrogens with one attached hydrogen (secondary N) is 2.